The minimum Gasteiger partial charge on any atom is -0.493 e. The second-order valence-electron chi connectivity index (χ2n) is 6.95. The Labute approximate surface area is 198 Å². The number of benzene rings is 3. The number of rotatable bonds is 6. The van der Waals surface area contributed by atoms with Gasteiger partial charge in [0.15, 0.2) is 17.3 Å². The van der Waals surface area contributed by atoms with E-state index in [1.165, 1.54) is 27.4 Å². The first kappa shape index (κ1) is 22.4. The van der Waals surface area contributed by atoms with Crippen LogP contribution in [0.15, 0.2) is 64.8 Å². The highest BCUT2D eigenvalue weighted by atomic mass is 79.9. The molecule has 0 aliphatic carbocycles. The van der Waals surface area contributed by atoms with Crippen LogP contribution in [0, 0.1) is 0 Å². The van der Waals surface area contributed by atoms with Crippen LogP contribution in [-0.4, -0.2) is 33.1 Å². The van der Waals surface area contributed by atoms with E-state index in [-0.39, 0.29) is 17.3 Å². The smallest absolute Gasteiger partial charge is 0.343 e. The van der Waals surface area contributed by atoms with Crippen molar-refractivity contribution in [3.63, 3.8) is 0 Å². The van der Waals surface area contributed by atoms with Gasteiger partial charge >= 0.3 is 5.97 Å². The topological polar surface area (TPSA) is 80.3 Å². The lowest BCUT2D eigenvalue weighted by molar-refractivity contribution is 0.0734. The zero-order chi connectivity index (χ0) is 23.5. The molecule has 168 valence electrons. The Kier molecular flexibility index (Phi) is 6.37. The van der Waals surface area contributed by atoms with Crippen LogP contribution in [0.3, 0.4) is 0 Å². The summed E-state index contributed by atoms with van der Waals surface area (Å²) in [5.41, 5.74) is 1.40. The van der Waals surface area contributed by atoms with E-state index >= 15 is 0 Å². The van der Waals surface area contributed by atoms with Crippen LogP contribution in [-0.2, 0) is 0 Å². The number of ether oxygens (including phenoxy) is 5. The van der Waals surface area contributed by atoms with Gasteiger partial charge in [-0.2, -0.15) is 0 Å². The number of carbonyl (C=O) groups is 2. The van der Waals surface area contributed by atoms with Gasteiger partial charge in [-0.05, 0) is 60.2 Å². The van der Waals surface area contributed by atoms with E-state index in [9.17, 15) is 9.59 Å². The zero-order valence-corrected chi connectivity index (χ0v) is 19.6. The van der Waals surface area contributed by atoms with E-state index < -0.39 is 5.97 Å². The monoisotopic (exact) mass is 510 g/mol. The quantitative estimate of drug-likeness (QED) is 0.252. The van der Waals surface area contributed by atoms with E-state index in [0.717, 1.165) is 4.47 Å². The summed E-state index contributed by atoms with van der Waals surface area (Å²) < 4.78 is 28.1. The van der Waals surface area contributed by atoms with Gasteiger partial charge in [0.25, 0.3) is 0 Å². The Morgan fingerprint density at radius 3 is 2.18 bits per heavy atom. The largest absolute Gasteiger partial charge is 0.493 e. The summed E-state index contributed by atoms with van der Waals surface area (Å²) in [6, 6.07) is 14.9. The molecule has 0 N–H and O–H groups in total. The molecule has 1 aliphatic rings. The van der Waals surface area contributed by atoms with Crippen LogP contribution < -0.4 is 23.7 Å². The van der Waals surface area contributed by atoms with Crippen molar-refractivity contribution < 1.29 is 33.3 Å². The van der Waals surface area contributed by atoms with Gasteiger partial charge in [-0.1, -0.05) is 15.9 Å². The second-order valence-corrected chi connectivity index (χ2v) is 7.87. The van der Waals surface area contributed by atoms with Crippen LogP contribution in [0.2, 0.25) is 0 Å². The fraction of sp³-hybridized carbons (Fsp3) is 0.120. The van der Waals surface area contributed by atoms with E-state index in [1.54, 1.807) is 54.6 Å². The van der Waals surface area contributed by atoms with Crippen molar-refractivity contribution in [1.82, 2.24) is 0 Å². The number of allylic oxidation sites excluding steroid dienone is 1. The molecule has 0 unspecified atom stereocenters. The first-order valence-electron chi connectivity index (χ1n) is 9.79. The summed E-state index contributed by atoms with van der Waals surface area (Å²) in [7, 11) is 4.54. The van der Waals surface area contributed by atoms with Gasteiger partial charge in [0.1, 0.15) is 11.5 Å². The van der Waals surface area contributed by atoms with E-state index in [0.29, 0.717) is 39.7 Å². The minimum atomic E-state index is -0.514. The van der Waals surface area contributed by atoms with Gasteiger partial charge in [0.05, 0.1) is 32.5 Å². The second kappa shape index (κ2) is 9.38. The number of carbonyl (C=O) groups excluding carboxylic acids is 2. The highest BCUT2D eigenvalue weighted by Crippen LogP contribution is 2.40. The average molecular weight is 511 g/mol. The summed E-state index contributed by atoms with van der Waals surface area (Å²) in [6.45, 7) is 0. The fourth-order valence-electron chi connectivity index (χ4n) is 3.32. The third-order valence-electron chi connectivity index (χ3n) is 4.92. The highest BCUT2D eigenvalue weighted by molar-refractivity contribution is 9.10. The summed E-state index contributed by atoms with van der Waals surface area (Å²) >= 11 is 3.33. The Morgan fingerprint density at radius 2 is 1.58 bits per heavy atom. The maximum absolute atomic E-state index is 12.8. The van der Waals surface area contributed by atoms with Crippen LogP contribution in [0.25, 0.3) is 6.08 Å². The van der Waals surface area contributed by atoms with E-state index in [2.05, 4.69) is 15.9 Å². The molecule has 3 aromatic rings. The molecule has 0 amide bonds. The first-order chi connectivity index (χ1) is 15.9. The Hall–Kier alpha value is -3.78. The maximum Gasteiger partial charge on any atom is 0.343 e. The number of methoxy groups -OCH3 is 3. The number of hydrogen-bond donors (Lipinski definition) is 0. The fourth-order valence-corrected chi connectivity index (χ4v) is 3.58. The number of esters is 1. The van der Waals surface area contributed by atoms with Crippen LogP contribution >= 0.6 is 15.9 Å². The van der Waals surface area contributed by atoms with Crippen molar-refractivity contribution in [2.45, 2.75) is 0 Å². The Morgan fingerprint density at radius 1 is 0.909 bits per heavy atom. The molecule has 0 aromatic heterocycles. The van der Waals surface area contributed by atoms with Crippen LogP contribution in [0.5, 0.6) is 28.7 Å². The van der Waals surface area contributed by atoms with Gasteiger partial charge in [-0.25, -0.2) is 4.79 Å². The van der Waals surface area contributed by atoms with Gasteiger partial charge in [0, 0.05) is 10.5 Å². The normalized spacial score (nSPS) is 13.3. The predicted octanol–water partition coefficient (Wildman–Crippen LogP) is 5.31. The number of Topliss-reactive ketones (excluding diaryl/α,β-unsaturated/α-hetero) is 1. The van der Waals surface area contributed by atoms with Crippen molar-refractivity contribution in [1.29, 1.82) is 0 Å². The number of fused-ring (bicyclic) bond motifs is 1. The molecule has 7 nitrogen and oxygen atoms in total. The molecule has 0 bridgehead atoms. The number of ketones is 1. The molecule has 0 atom stereocenters. The molecule has 4 rings (SSSR count). The molecule has 33 heavy (non-hydrogen) atoms. The molecule has 0 fully saturated rings. The molecular formula is C25H19BrO7. The molecule has 1 aliphatic heterocycles. The molecule has 0 saturated carbocycles. The predicted molar refractivity (Wildman–Crippen MR) is 125 cm³/mol. The average Bonchev–Trinajstić information content (AvgIpc) is 3.12. The molecular weight excluding hydrogens is 492 g/mol. The van der Waals surface area contributed by atoms with Gasteiger partial charge in [-0.3, -0.25) is 4.79 Å². The number of halogens is 1. The van der Waals surface area contributed by atoms with Crippen LogP contribution in [0.4, 0.5) is 0 Å². The minimum absolute atomic E-state index is 0.121. The lowest BCUT2D eigenvalue weighted by Gasteiger charge is -2.13. The van der Waals surface area contributed by atoms with Gasteiger partial charge < -0.3 is 23.7 Å². The van der Waals surface area contributed by atoms with Gasteiger partial charge in [0.2, 0.25) is 11.5 Å². The van der Waals surface area contributed by atoms with E-state index in [4.69, 9.17) is 23.7 Å². The summed E-state index contributed by atoms with van der Waals surface area (Å²) in [5.74, 6) is 1.24. The van der Waals surface area contributed by atoms with Crippen molar-refractivity contribution in [2.24, 2.45) is 0 Å². The van der Waals surface area contributed by atoms with Gasteiger partial charge in [-0.15, -0.1) is 0 Å². The maximum atomic E-state index is 12.8. The van der Waals surface area contributed by atoms with Crippen LogP contribution in [0.1, 0.15) is 26.3 Å². The standard InChI is InChI=1S/C25H19BrO7/c1-29-21-11-14(12-22(30-2)24(21)31-3)10-20-23(27)18-9-8-17(13-19(18)33-20)32-25(28)15-4-6-16(26)7-5-15/h4-13H,1-3H3/b20-10-. The number of hydrogen-bond acceptors (Lipinski definition) is 7. The Balaban J connectivity index is 1.58. The molecule has 0 spiro atoms. The van der Waals surface area contributed by atoms with Crippen molar-refractivity contribution in [2.75, 3.05) is 21.3 Å². The molecule has 8 heteroatoms. The highest BCUT2D eigenvalue weighted by Gasteiger charge is 2.28. The molecule has 0 saturated heterocycles. The molecule has 1 heterocycles. The van der Waals surface area contributed by atoms with Crippen molar-refractivity contribution in [3.8, 4) is 28.7 Å². The zero-order valence-electron chi connectivity index (χ0n) is 18.0. The Bertz CT molecular complexity index is 1240. The summed E-state index contributed by atoms with van der Waals surface area (Å²) in [6.07, 6.45) is 1.58. The van der Waals surface area contributed by atoms with Crippen molar-refractivity contribution in [3.05, 3.63) is 81.5 Å². The van der Waals surface area contributed by atoms with Crippen molar-refractivity contribution >= 4 is 33.8 Å². The third kappa shape index (κ3) is 4.56. The SMILES string of the molecule is COc1cc(/C=C2\Oc3cc(OC(=O)c4ccc(Br)cc4)ccc3C2=O)cc(OC)c1OC. The summed E-state index contributed by atoms with van der Waals surface area (Å²) in [5, 5.41) is 0. The summed E-state index contributed by atoms with van der Waals surface area (Å²) in [4.78, 5) is 25.2. The third-order valence-corrected chi connectivity index (χ3v) is 5.45. The molecule has 3 aromatic carbocycles. The molecule has 0 radical (unpaired) electrons. The lowest BCUT2D eigenvalue weighted by atomic mass is 10.1. The lowest BCUT2D eigenvalue weighted by Crippen LogP contribution is -2.08. The van der Waals surface area contributed by atoms with E-state index in [1.807, 2.05) is 0 Å². The first-order valence-corrected chi connectivity index (χ1v) is 10.6.